The topological polar surface area (TPSA) is 100 Å². The molecule has 0 aliphatic carbocycles. The first-order valence-electron chi connectivity index (χ1n) is 12.7. The van der Waals surface area contributed by atoms with Crippen molar-refractivity contribution < 1.29 is 14.3 Å². The van der Waals surface area contributed by atoms with Crippen LogP contribution < -0.4 is 16.4 Å². The standard InChI is InChI=1S/C29H39FN4O2S/c1-18(2)26(33-17-22(31)14-19-6-9-21(30)10-7-19)27(36)34-24(28-32-12-13-37-28)16-20-8-11-25(35)23(15-20)29(3,4)5/h6-13,15,18,22,24,26,33,35H,14,16-17,31H2,1-5H3,(H,34,36). The summed E-state index contributed by atoms with van der Waals surface area (Å²) in [6.07, 6.45) is 2.87. The van der Waals surface area contributed by atoms with Crippen molar-refractivity contribution in [1.82, 2.24) is 15.6 Å². The van der Waals surface area contributed by atoms with E-state index in [1.54, 1.807) is 24.4 Å². The average Bonchev–Trinajstić information content (AvgIpc) is 3.35. The number of halogens is 1. The molecule has 0 aliphatic rings. The molecule has 3 atom stereocenters. The lowest BCUT2D eigenvalue weighted by atomic mass is 9.85. The number of amides is 1. The van der Waals surface area contributed by atoms with Gasteiger partial charge in [0.1, 0.15) is 16.6 Å². The average molecular weight is 527 g/mol. The highest BCUT2D eigenvalue weighted by Crippen LogP contribution is 2.32. The van der Waals surface area contributed by atoms with E-state index in [9.17, 15) is 14.3 Å². The van der Waals surface area contributed by atoms with Gasteiger partial charge in [0.25, 0.3) is 0 Å². The van der Waals surface area contributed by atoms with Crippen LogP contribution in [0.15, 0.2) is 54.0 Å². The largest absolute Gasteiger partial charge is 0.508 e. The van der Waals surface area contributed by atoms with Crippen LogP contribution in [-0.2, 0) is 23.1 Å². The van der Waals surface area contributed by atoms with Gasteiger partial charge in [0, 0.05) is 24.2 Å². The molecular formula is C29H39FN4O2S. The first-order valence-corrected chi connectivity index (χ1v) is 13.6. The third-order valence-electron chi connectivity index (χ3n) is 6.34. The van der Waals surface area contributed by atoms with Gasteiger partial charge in [-0.15, -0.1) is 11.3 Å². The van der Waals surface area contributed by atoms with Gasteiger partial charge in [-0.3, -0.25) is 4.79 Å². The summed E-state index contributed by atoms with van der Waals surface area (Å²) in [5.74, 6) is -0.0778. The molecule has 0 aliphatic heterocycles. The van der Waals surface area contributed by atoms with Crippen LogP contribution in [-0.4, -0.2) is 34.6 Å². The third kappa shape index (κ3) is 8.35. The predicted octanol–water partition coefficient (Wildman–Crippen LogP) is 4.87. The van der Waals surface area contributed by atoms with Crippen molar-refractivity contribution in [1.29, 1.82) is 0 Å². The van der Waals surface area contributed by atoms with Gasteiger partial charge in [-0.2, -0.15) is 0 Å². The number of carbonyl (C=O) groups excluding carboxylic acids is 1. The summed E-state index contributed by atoms with van der Waals surface area (Å²) in [7, 11) is 0. The van der Waals surface area contributed by atoms with E-state index in [-0.39, 0.29) is 40.9 Å². The van der Waals surface area contributed by atoms with Crippen LogP contribution in [0.5, 0.6) is 5.75 Å². The zero-order chi connectivity index (χ0) is 27.2. The normalized spacial score (nSPS) is 14.4. The molecule has 1 aromatic heterocycles. The smallest absolute Gasteiger partial charge is 0.237 e. The maximum absolute atomic E-state index is 13.4. The van der Waals surface area contributed by atoms with E-state index in [1.807, 2.05) is 31.4 Å². The summed E-state index contributed by atoms with van der Waals surface area (Å²) < 4.78 is 13.2. The minimum Gasteiger partial charge on any atom is -0.508 e. The van der Waals surface area contributed by atoms with Crippen LogP contribution >= 0.6 is 11.3 Å². The number of nitrogens with one attached hydrogen (secondary N) is 2. The quantitative estimate of drug-likeness (QED) is 0.286. The molecule has 0 saturated carbocycles. The van der Waals surface area contributed by atoms with E-state index in [2.05, 4.69) is 36.4 Å². The molecule has 0 saturated heterocycles. The van der Waals surface area contributed by atoms with Crippen LogP contribution in [0.2, 0.25) is 0 Å². The Labute approximate surface area is 223 Å². The summed E-state index contributed by atoms with van der Waals surface area (Å²) in [5, 5.41) is 19.6. The molecule has 37 heavy (non-hydrogen) atoms. The number of carbonyl (C=O) groups is 1. The number of aromatic hydroxyl groups is 1. The fraction of sp³-hybridized carbons (Fsp3) is 0.448. The molecule has 8 heteroatoms. The van der Waals surface area contributed by atoms with E-state index in [0.717, 1.165) is 21.7 Å². The van der Waals surface area contributed by atoms with E-state index in [0.29, 0.717) is 19.4 Å². The second kappa shape index (κ2) is 12.6. The Morgan fingerprint density at radius 2 is 1.78 bits per heavy atom. The first-order chi connectivity index (χ1) is 17.4. The van der Waals surface area contributed by atoms with Crippen LogP contribution in [0, 0.1) is 11.7 Å². The highest BCUT2D eigenvalue weighted by atomic mass is 32.1. The number of hydrogen-bond donors (Lipinski definition) is 4. The number of phenolic OH excluding ortho intramolecular Hbond substituents is 1. The molecule has 1 amide bonds. The van der Waals surface area contributed by atoms with E-state index in [4.69, 9.17) is 5.73 Å². The fourth-order valence-electron chi connectivity index (χ4n) is 4.32. The monoisotopic (exact) mass is 526 g/mol. The van der Waals surface area contributed by atoms with E-state index >= 15 is 0 Å². The minimum absolute atomic E-state index is 0.0381. The van der Waals surface area contributed by atoms with Crippen LogP contribution in [0.4, 0.5) is 4.39 Å². The summed E-state index contributed by atoms with van der Waals surface area (Å²) >= 11 is 1.50. The maximum Gasteiger partial charge on any atom is 0.237 e. The number of thiazole rings is 1. The van der Waals surface area contributed by atoms with Gasteiger partial charge in [-0.1, -0.05) is 58.9 Å². The summed E-state index contributed by atoms with van der Waals surface area (Å²) in [4.78, 5) is 17.9. The fourth-order valence-corrected chi connectivity index (χ4v) is 5.01. The molecule has 0 spiro atoms. The number of benzene rings is 2. The molecular weight excluding hydrogens is 487 g/mol. The third-order valence-corrected chi connectivity index (χ3v) is 7.22. The number of rotatable bonds is 11. The lowest BCUT2D eigenvalue weighted by Crippen LogP contribution is -2.51. The Hall–Kier alpha value is -2.81. The Morgan fingerprint density at radius 3 is 2.38 bits per heavy atom. The van der Waals surface area contributed by atoms with Gasteiger partial charge in [0.05, 0.1) is 12.1 Å². The van der Waals surface area contributed by atoms with Crippen molar-refractivity contribution in [2.24, 2.45) is 11.7 Å². The van der Waals surface area contributed by atoms with Gasteiger partial charge in [-0.05, 0) is 59.1 Å². The molecule has 0 radical (unpaired) electrons. The lowest BCUT2D eigenvalue weighted by molar-refractivity contribution is -0.125. The van der Waals surface area contributed by atoms with Crippen molar-refractivity contribution >= 4 is 17.2 Å². The van der Waals surface area contributed by atoms with Crippen LogP contribution in [0.1, 0.15) is 62.4 Å². The molecule has 0 bridgehead atoms. The first kappa shape index (κ1) is 28.8. The van der Waals surface area contributed by atoms with Gasteiger partial charge < -0.3 is 21.5 Å². The SMILES string of the molecule is CC(C)C(NCC(N)Cc1ccc(F)cc1)C(=O)NC(Cc1ccc(O)c(C(C)(C)C)c1)c1nccs1. The summed E-state index contributed by atoms with van der Waals surface area (Å²) in [5.41, 5.74) is 8.94. The molecule has 6 nitrogen and oxygen atoms in total. The number of nitrogens with zero attached hydrogens (tertiary/aromatic N) is 1. The number of phenols is 1. The molecule has 3 aromatic rings. The van der Waals surface area contributed by atoms with E-state index in [1.165, 1.54) is 23.5 Å². The van der Waals surface area contributed by atoms with Gasteiger partial charge in [0.2, 0.25) is 5.91 Å². The van der Waals surface area contributed by atoms with Crippen molar-refractivity contribution in [2.45, 2.75) is 71.0 Å². The molecule has 5 N–H and O–H groups in total. The molecule has 3 unspecified atom stereocenters. The van der Waals surface area contributed by atoms with E-state index < -0.39 is 6.04 Å². The highest BCUT2D eigenvalue weighted by molar-refractivity contribution is 7.09. The van der Waals surface area contributed by atoms with Gasteiger partial charge in [-0.25, -0.2) is 9.37 Å². The zero-order valence-corrected chi connectivity index (χ0v) is 23.1. The molecule has 200 valence electrons. The van der Waals surface area contributed by atoms with Crippen LogP contribution in [0.25, 0.3) is 0 Å². The van der Waals surface area contributed by atoms with Crippen molar-refractivity contribution in [3.63, 3.8) is 0 Å². The number of hydrogen-bond acceptors (Lipinski definition) is 6. The number of nitrogens with two attached hydrogens (primary N) is 1. The maximum atomic E-state index is 13.4. The summed E-state index contributed by atoms with van der Waals surface area (Å²) in [6.45, 7) is 10.6. The van der Waals surface area contributed by atoms with Crippen molar-refractivity contribution in [3.05, 3.63) is 81.6 Å². The second-order valence-corrected chi connectivity index (χ2v) is 11.9. The predicted molar refractivity (Wildman–Crippen MR) is 148 cm³/mol. The second-order valence-electron chi connectivity index (χ2n) is 11.0. The molecule has 2 aromatic carbocycles. The zero-order valence-electron chi connectivity index (χ0n) is 22.3. The lowest BCUT2D eigenvalue weighted by Gasteiger charge is -2.27. The Kier molecular flexibility index (Phi) is 9.81. The van der Waals surface area contributed by atoms with Crippen molar-refractivity contribution in [3.8, 4) is 5.75 Å². The van der Waals surface area contributed by atoms with Gasteiger partial charge >= 0.3 is 0 Å². The molecule has 3 rings (SSSR count). The molecule has 1 heterocycles. The van der Waals surface area contributed by atoms with Gasteiger partial charge in [0.15, 0.2) is 0 Å². The number of aromatic nitrogens is 1. The van der Waals surface area contributed by atoms with Crippen molar-refractivity contribution in [2.75, 3.05) is 6.54 Å². The van der Waals surface area contributed by atoms with Crippen LogP contribution in [0.3, 0.4) is 0 Å². The Bertz CT molecular complexity index is 1140. The molecule has 0 fully saturated rings. The Balaban J connectivity index is 1.70. The highest BCUT2D eigenvalue weighted by Gasteiger charge is 2.27. The summed E-state index contributed by atoms with van der Waals surface area (Å²) in [6, 6.07) is 11.0. The Morgan fingerprint density at radius 1 is 1.11 bits per heavy atom. The minimum atomic E-state index is -0.438.